The molecule has 0 amide bonds. The number of thiophene rings is 1. The molecule has 61 heavy (non-hydrogen) atoms. The van der Waals surface area contributed by atoms with Crippen LogP contribution in [0.25, 0.3) is 64.5 Å². The van der Waals surface area contributed by atoms with Gasteiger partial charge in [-0.2, -0.15) is 0 Å². The van der Waals surface area contributed by atoms with Crippen LogP contribution in [0.1, 0.15) is 22.3 Å². The second kappa shape index (κ2) is 14.3. The molecule has 0 bridgehead atoms. The molecular formula is C58H38N2S. The number of hydrogen-bond acceptors (Lipinski definition) is 3. The maximum absolute atomic E-state index is 4.76. The van der Waals surface area contributed by atoms with Gasteiger partial charge in [-0.25, -0.2) is 0 Å². The summed E-state index contributed by atoms with van der Waals surface area (Å²) in [6.07, 6.45) is 1.88. The zero-order valence-electron chi connectivity index (χ0n) is 33.2. The van der Waals surface area contributed by atoms with Crippen LogP contribution in [0.5, 0.6) is 0 Å². The van der Waals surface area contributed by atoms with Crippen molar-refractivity contribution in [3.8, 4) is 33.4 Å². The number of nitrogens with zero attached hydrogens (tertiary/aromatic N) is 2. The van der Waals surface area contributed by atoms with Crippen LogP contribution < -0.4 is 4.90 Å². The quantitative estimate of drug-likeness (QED) is 0.160. The Bertz CT molecular complexity index is 3350. The van der Waals surface area contributed by atoms with Gasteiger partial charge in [-0.1, -0.05) is 176 Å². The summed E-state index contributed by atoms with van der Waals surface area (Å²) in [4.78, 5) is 7.14. The third-order valence-electron chi connectivity index (χ3n) is 12.6. The van der Waals surface area contributed by atoms with Gasteiger partial charge in [0.2, 0.25) is 0 Å². The summed E-state index contributed by atoms with van der Waals surface area (Å²) in [5.74, 6) is 0. The van der Waals surface area contributed by atoms with Gasteiger partial charge < -0.3 is 4.90 Å². The SMILES string of the molecule is c1ccc(C2(c3ccc(N(c4ccc(-c5cccc6cccnc56)cc4)c4ccc(-c5cccc6c5sc5ccccc56)cc4)cc3)c3ccccc3-c3ccccc32)cc1. The van der Waals surface area contributed by atoms with Crippen molar-refractivity contribution in [3.05, 3.63) is 253 Å². The van der Waals surface area contributed by atoms with Crippen molar-refractivity contribution >= 4 is 59.5 Å². The second-order valence-electron chi connectivity index (χ2n) is 15.8. The van der Waals surface area contributed by atoms with Gasteiger partial charge in [0.1, 0.15) is 0 Å². The molecule has 286 valence electrons. The normalized spacial score (nSPS) is 12.7. The van der Waals surface area contributed by atoms with Crippen molar-refractivity contribution in [3.63, 3.8) is 0 Å². The minimum absolute atomic E-state index is 0.457. The summed E-state index contributed by atoms with van der Waals surface area (Å²) in [7, 11) is 0. The highest BCUT2D eigenvalue weighted by atomic mass is 32.1. The molecule has 0 spiro atoms. The predicted octanol–water partition coefficient (Wildman–Crippen LogP) is 15.8. The van der Waals surface area contributed by atoms with Crippen LogP contribution in [0.15, 0.2) is 231 Å². The van der Waals surface area contributed by atoms with E-state index < -0.39 is 5.41 Å². The van der Waals surface area contributed by atoms with Crippen LogP contribution in [0.3, 0.4) is 0 Å². The number of pyridine rings is 1. The lowest BCUT2D eigenvalue weighted by Crippen LogP contribution is -2.28. The molecule has 3 heteroatoms. The molecule has 0 radical (unpaired) electrons. The fourth-order valence-corrected chi connectivity index (χ4v) is 11.1. The molecule has 2 heterocycles. The molecule has 2 nitrogen and oxygen atoms in total. The zero-order valence-corrected chi connectivity index (χ0v) is 34.1. The second-order valence-corrected chi connectivity index (χ2v) is 16.9. The standard InChI is InChI=1S/C58H38N2S/c1-2-15-42(16-3-1)58(53-23-7-4-17-49(53)50-18-5-8-24-54(50)58)43-30-36-46(37-31-43)60(44-32-26-39(27-33-44)47-20-10-13-41-14-12-38-59-56(41)47)45-34-28-40(29-35-45)48-21-11-22-52-51-19-6-9-25-55(51)61-57(48)52/h1-38H. The molecule has 0 atom stereocenters. The van der Waals surface area contributed by atoms with E-state index in [1.165, 1.54) is 64.7 Å². The minimum atomic E-state index is -0.457. The van der Waals surface area contributed by atoms with E-state index in [-0.39, 0.29) is 0 Å². The molecule has 1 aliphatic carbocycles. The van der Waals surface area contributed by atoms with E-state index in [1.807, 2.05) is 23.6 Å². The van der Waals surface area contributed by atoms with E-state index in [4.69, 9.17) is 4.98 Å². The maximum atomic E-state index is 4.76. The summed E-state index contributed by atoms with van der Waals surface area (Å²) >= 11 is 1.87. The topological polar surface area (TPSA) is 16.1 Å². The van der Waals surface area contributed by atoms with Crippen LogP contribution in [-0.4, -0.2) is 4.98 Å². The molecule has 0 fully saturated rings. The van der Waals surface area contributed by atoms with Crippen LogP contribution in [0.2, 0.25) is 0 Å². The molecule has 12 rings (SSSR count). The van der Waals surface area contributed by atoms with Crippen molar-refractivity contribution < 1.29 is 0 Å². The zero-order chi connectivity index (χ0) is 40.3. The summed E-state index contributed by atoms with van der Waals surface area (Å²) in [5.41, 5.74) is 16.3. The molecular weight excluding hydrogens is 757 g/mol. The van der Waals surface area contributed by atoms with E-state index in [0.29, 0.717) is 0 Å². The van der Waals surface area contributed by atoms with E-state index in [0.717, 1.165) is 39.1 Å². The highest BCUT2D eigenvalue weighted by Crippen LogP contribution is 2.56. The molecule has 0 aliphatic heterocycles. The first kappa shape index (κ1) is 35.4. The fourth-order valence-electron chi connectivity index (χ4n) is 9.91. The molecule has 0 unspecified atom stereocenters. The number of hydrogen-bond donors (Lipinski definition) is 0. The third-order valence-corrected chi connectivity index (χ3v) is 13.8. The Kier molecular flexibility index (Phi) is 8.29. The molecule has 11 aromatic rings. The van der Waals surface area contributed by atoms with E-state index in [2.05, 4.69) is 223 Å². The highest BCUT2D eigenvalue weighted by Gasteiger charge is 2.45. The smallest absolute Gasteiger partial charge is 0.0780 e. The summed E-state index contributed by atoms with van der Waals surface area (Å²) in [5, 5.41) is 3.76. The lowest BCUT2D eigenvalue weighted by molar-refractivity contribution is 0.768. The summed E-state index contributed by atoms with van der Waals surface area (Å²) < 4.78 is 2.64. The number of benzene rings is 9. The molecule has 0 N–H and O–H groups in total. The summed E-state index contributed by atoms with van der Waals surface area (Å²) in [6, 6.07) is 82.2. The highest BCUT2D eigenvalue weighted by molar-refractivity contribution is 7.26. The monoisotopic (exact) mass is 794 g/mol. The van der Waals surface area contributed by atoms with Crippen molar-refractivity contribution in [2.45, 2.75) is 5.41 Å². The van der Waals surface area contributed by atoms with Crippen LogP contribution in [-0.2, 0) is 5.41 Å². The Morgan fingerprint density at radius 3 is 1.59 bits per heavy atom. The van der Waals surface area contributed by atoms with Crippen molar-refractivity contribution in [1.82, 2.24) is 4.98 Å². The van der Waals surface area contributed by atoms with Gasteiger partial charge in [-0.3, -0.25) is 4.98 Å². The van der Waals surface area contributed by atoms with E-state index in [9.17, 15) is 0 Å². The Labute approximate surface area is 359 Å². The van der Waals surface area contributed by atoms with Gasteiger partial charge in [-0.05, 0) is 98.6 Å². The van der Waals surface area contributed by atoms with Crippen molar-refractivity contribution in [2.24, 2.45) is 0 Å². The number of fused-ring (bicyclic) bond motifs is 7. The molecule has 9 aromatic carbocycles. The minimum Gasteiger partial charge on any atom is -0.311 e. The Hall–Kier alpha value is -7.59. The number of para-hydroxylation sites is 1. The van der Waals surface area contributed by atoms with Gasteiger partial charge in [0, 0.05) is 54.4 Å². The Morgan fingerprint density at radius 2 is 0.885 bits per heavy atom. The lowest BCUT2D eigenvalue weighted by atomic mass is 9.68. The van der Waals surface area contributed by atoms with Crippen molar-refractivity contribution in [1.29, 1.82) is 0 Å². The lowest BCUT2D eigenvalue weighted by Gasteiger charge is -2.34. The van der Waals surface area contributed by atoms with Gasteiger partial charge in [0.25, 0.3) is 0 Å². The van der Waals surface area contributed by atoms with Gasteiger partial charge in [0.05, 0.1) is 10.9 Å². The third kappa shape index (κ3) is 5.59. The van der Waals surface area contributed by atoms with Crippen molar-refractivity contribution in [2.75, 3.05) is 4.90 Å². The first-order valence-corrected chi connectivity index (χ1v) is 21.7. The van der Waals surface area contributed by atoms with Gasteiger partial charge >= 0.3 is 0 Å². The summed E-state index contributed by atoms with van der Waals surface area (Å²) in [6.45, 7) is 0. The molecule has 1 aliphatic rings. The number of aromatic nitrogens is 1. The van der Waals surface area contributed by atoms with Crippen LogP contribution in [0.4, 0.5) is 17.1 Å². The largest absolute Gasteiger partial charge is 0.311 e. The molecule has 2 aromatic heterocycles. The first-order chi connectivity index (χ1) is 30.3. The maximum Gasteiger partial charge on any atom is 0.0780 e. The fraction of sp³-hybridized carbons (Fsp3) is 0.0172. The Morgan fingerprint density at radius 1 is 0.377 bits per heavy atom. The average molecular weight is 795 g/mol. The number of anilines is 3. The Balaban J connectivity index is 0.996. The molecule has 0 saturated heterocycles. The number of rotatable bonds is 7. The average Bonchev–Trinajstić information content (AvgIpc) is 3.87. The van der Waals surface area contributed by atoms with E-state index >= 15 is 0 Å². The molecule has 0 saturated carbocycles. The predicted molar refractivity (Wildman–Crippen MR) is 257 cm³/mol. The van der Waals surface area contributed by atoms with E-state index in [1.54, 1.807) is 0 Å². The van der Waals surface area contributed by atoms with Gasteiger partial charge in [-0.15, -0.1) is 11.3 Å². The van der Waals surface area contributed by atoms with Crippen LogP contribution >= 0.6 is 11.3 Å². The van der Waals surface area contributed by atoms with Gasteiger partial charge in [0.15, 0.2) is 0 Å². The van der Waals surface area contributed by atoms with Crippen LogP contribution in [0, 0.1) is 0 Å². The first-order valence-electron chi connectivity index (χ1n) is 20.9.